The first kappa shape index (κ1) is 21.4. The molecule has 1 aliphatic rings. The highest BCUT2D eigenvalue weighted by Crippen LogP contribution is 2.16. The molecule has 0 saturated carbocycles. The number of carbonyl (C=O) groups is 1. The Balaban J connectivity index is 0.000000345. The van der Waals surface area contributed by atoms with Crippen molar-refractivity contribution in [3.05, 3.63) is 61.9 Å². The van der Waals surface area contributed by atoms with E-state index in [1.54, 1.807) is 19.3 Å². The maximum atomic E-state index is 12.1. The number of aromatic nitrogens is 3. The number of rotatable bonds is 2. The SMILES string of the molecule is Cn1ccc(Cn2nc3c(cc2=O)CC(N)CC3)cc1=O.O=C(O)C(F)(F)F. The highest BCUT2D eigenvalue weighted by Gasteiger charge is 2.38. The number of nitrogens with zero attached hydrogens (tertiary/aromatic N) is 3. The number of aliphatic carboxylic acids is 1. The van der Waals surface area contributed by atoms with E-state index in [1.807, 2.05) is 6.07 Å². The summed E-state index contributed by atoms with van der Waals surface area (Å²) in [5, 5.41) is 11.6. The third-order valence-corrected chi connectivity index (χ3v) is 4.14. The molecule has 1 unspecified atom stereocenters. The lowest BCUT2D eigenvalue weighted by molar-refractivity contribution is -0.192. The Hall–Kier alpha value is -2.95. The van der Waals surface area contributed by atoms with Crippen LogP contribution in [-0.4, -0.2) is 37.6 Å². The van der Waals surface area contributed by atoms with Crippen LogP contribution >= 0.6 is 0 Å². The Bertz CT molecular complexity index is 982. The van der Waals surface area contributed by atoms with Gasteiger partial charge in [0.05, 0.1) is 12.2 Å². The van der Waals surface area contributed by atoms with Crippen LogP contribution in [0.5, 0.6) is 0 Å². The van der Waals surface area contributed by atoms with Gasteiger partial charge in [0.2, 0.25) is 0 Å². The van der Waals surface area contributed by atoms with Crippen LogP contribution in [0.15, 0.2) is 34.0 Å². The Morgan fingerprint density at radius 2 is 1.96 bits per heavy atom. The van der Waals surface area contributed by atoms with Gasteiger partial charge in [0.25, 0.3) is 11.1 Å². The molecule has 1 aliphatic carbocycles. The normalized spacial score (nSPS) is 16.0. The van der Waals surface area contributed by atoms with Crippen molar-refractivity contribution < 1.29 is 23.1 Å². The number of alkyl halides is 3. The zero-order valence-corrected chi connectivity index (χ0v) is 14.9. The van der Waals surface area contributed by atoms with Gasteiger partial charge in [-0.25, -0.2) is 9.48 Å². The number of halogens is 3. The standard InChI is InChI=1S/C15H18N4O2.C2HF3O2/c1-18-5-4-10(6-14(18)20)9-19-15(21)8-11-7-12(16)2-3-13(11)17-19;3-2(4,5)1(6)7/h4-6,8,12H,2-3,7,9,16H2,1H3;(H,6,7). The second-order valence-electron chi connectivity index (χ2n) is 6.40. The van der Waals surface area contributed by atoms with E-state index >= 15 is 0 Å². The number of pyridine rings is 1. The molecule has 2 heterocycles. The molecular weight excluding hydrogens is 381 g/mol. The van der Waals surface area contributed by atoms with Crippen molar-refractivity contribution in [2.45, 2.75) is 38.0 Å². The van der Waals surface area contributed by atoms with Gasteiger partial charge in [-0.3, -0.25) is 9.59 Å². The molecule has 3 N–H and O–H groups in total. The Morgan fingerprint density at radius 3 is 2.54 bits per heavy atom. The second-order valence-corrected chi connectivity index (χ2v) is 6.40. The topological polar surface area (TPSA) is 120 Å². The minimum Gasteiger partial charge on any atom is -0.475 e. The molecule has 0 amide bonds. The molecule has 0 radical (unpaired) electrons. The molecule has 2 aromatic heterocycles. The lowest BCUT2D eigenvalue weighted by Crippen LogP contribution is -2.33. The summed E-state index contributed by atoms with van der Waals surface area (Å²) in [6, 6.07) is 5.10. The van der Waals surface area contributed by atoms with Crippen LogP contribution in [0.3, 0.4) is 0 Å². The van der Waals surface area contributed by atoms with Crippen molar-refractivity contribution in [2.75, 3.05) is 0 Å². The van der Waals surface area contributed by atoms with Crippen molar-refractivity contribution >= 4 is 5.97 Å². The Morgan fingerprint density at radius 1 is 1.32 bits per heavy atom. The summed E-state index contributed by atoms with van der Waals surface area (Å²) in [6.45, 7) is 0.314. The van der Waals surface area contributed by atoms with E-state index in [2.05, 4.69) is 5.10 Å². The monoisotopic (exact) mass is 400 g/mol. The minimum atomic E-state index is -5.08. The average molecular weight is 400 g/mol. The zero-order chi connectivity index (χ0) is 21.1. The third kappa shape index (κ3) is 5.52. The fourth-order valence-corrected chi connectivity index (χ4v) is 2.63. The molecule has 11 heteroatoms. The van der Waals surface area contributed by atoms with Crippen molar-refractivity contribution in [1.29, 1.82) is 0 Å². The molecule has 2 aromatic rings. The number of carboxylic acid groups (broad SMARTS) is 1. The van der Waals surface area contributed by atoms with Crippen LogP contribution in [0, 0.1) is 0 Å². The maximum absolute atomic E-state index is 12.1. The van der Waals surface area contributed by atoms with Gasteiger partial charge >= 0.3 is 12.1 Å². The molecule has 0 aromatic carbocycles. The minimum absolute atomic E-state index is 0.0931. The predicted molar refractivity (Wildman–Crippen MR) is 93.0 cm³/mol. The molecule has 28 heavy (non-hydrogen) atoms. The van der Waals surface area contributed by atoms with Gasteiger partial charge in [0.1, 0.15) is 0 Å². The van der Waals surface area contributed by atoms with E-state index in [4.69, 9.17) is 15.6 Å². The molecule has 3 rings (SSSR count). The van der Waals surface area contributed by atoms with Gasteiger partial charge < -0.3 is 15.4 Å². The summed E-state index contributed by atoms with van der Waals surface area (Å²) >= 11 is 0. The van der Waals surface area contributed by atoms with Crippen molar-refractivity contribution in [1.82, 2.24) is 14.3 Å². The van der Waals surface area contributed by atoms with Crippen molar-refractivity contribution in [3.8, 4) is 0 Å². The van der Waals surface area contributed by atoms with Crippen LogP contribution in [0.1, 0.15) is 23.2 Å². The van der Waals surface area contributed by atoms with E-state index < -0.39 is 12.1 Å². The number of nitrogens with two attached hydrogens (primary N) is 1. The molecule has 8 nitrogen and oxygen atoms in total. The Labute approximate surface area is 157 Å². The first-order chi connectivity index (χ1) is 13.0. The Kier molecular flexibility index (Phi) is 6.39. The molecule has 0 aliphatic heterocycles. The summed E-state index contributed by atoms with van der Waals surface area (Å²) in [5.74, 6) is -2.76. The molecule has 0 fully saturated rings. The molecule has 0 bridgehead atoms. The first-order valence-corrected chi connectivity index (χ1v) is 8.28. The largest absolute Gasteiger partial charge is 0.490 e. The molecule has 1 atom stereocenters. The third-order valence-electron chi connectivity index (χ3n) is 4.14. The number of carboxylic acids is 1. The van der Waals surface area contributed by atoms with Crippen LogP contribution in [0.4, 0.5) is 13.2 Å². The first-order valence-electron chi connectivity index (χ1n) is 8.28. The highest BCUT2D eigenvalue weighted by molar-refractivity contribution is 5.73. The van der Waals surface area contributed by atoms with Gasteiger partial charge in [0, 0.05) is 31.4 Å². The number of hydrogen-bond acceptors (Lipinski definition) is 5. The van der Waals surface area contributed by atoms with Gasteiger partial charge in [-0.15, -0.1) is 0 Å². The lowest BCUT2D eigenvalue weighted by atomic mass is 9.93. The van der Waals surface area contributed by atoms with Crippen LogP contribution < -0.4 is 16.9 Å². The summed E-state index contributed by atoms with van der Waals surface area (Å²) in [4.78, 5) is 32.7. The van der Waals surface area contributed by atoms with Crippen LogP contribution in [0.25, 0.3) is 0 Å². The fourth-order valence-electron chi connectivity index (χ4n) is 2.63. The number of hydrogen-bond donors (Lipinski definition) is 2. The van der Waals surface area contributed by atoms with E-state index in [0.717, 1.165) is 29.7 Å². The van der Waals surface area contributed by atoms with Crippen LogP contribution in [-0.2, 0) is 31.2 Å². The number of aryl methyl sites for hydroxylation is 2. The molecular formula is C17H19F3N4O4. The smallest absolute Gasteiger partial charge is 0.475 e. The van der Waals surface area contributed by atoms with E-state index in [0.29, 0.717) is 13.0 Å². The molecule has 0 spiro atoms. The fraction of sp³-hybridized carbons (Fsp3) is 0.412. The zero-order valence-electron chi connectivity index (χ0n) is 14.9. The summed E-state index contributed by atoms with van der Waals surface area (Å²) in [6.07, 6.45) is -0.984. The van der Waals surface area contributed by atoms with Gasteiger partial charge in [0.15, 0.2) is 0 Å². The second kappa shape index (κ2) is 8.38. The maximum Gasteiger partial charge on any atom is 0.490 e. The van der Waals surface area contributed by atoms with Gasteiger partial charge in [-0.05, 0) is 36.5 Å². The average Bonchev–Trinajstić information content (AvgIpc) is 2.59. The predicted octanol–water partition coefficient (Wildman–Crippen LogP) is 0.440. The van der Waals surface area contributed by atoms with Crippen LogP contribution in [0.2, 0.25) is 0 Å². The lowest BCUT2D eigenvalue weighted by Gasteiger charge is -2.20. The quantitative estimate of drug-likeness (QED) is 0.755. The molecule has 0 saturated heterocycles. The van der Waals surface area contributed by atoms with E-state index in [1.165, 1.54) is 15.3 Å². The molecule has 152 valence electrons. The summed E-state index contributed by atoms with van der Waals surface area (Å²) in [5.41, 5.74) is 8.36. The van der Waals surface area contributed by atoms with E-state index in [9.17, 15) is 22.8 Å². The van der Waals surface area contributed by atoms with Crippen molar-refractivity contribution in [3.63, 3.8) is 0 Å². The van der Waals surface area contributed by atoms with E-state index in [-0.39, 0.29) is 17.2 Å². The van der Waals surface area contributed by atoms with Crippen molar-refractivity contribution in [2.24, 2.45) is 12.8 Å². The van der Waals surface area contributed by atoms with Gasteiger partial charge in [-0.2, -0.15) is 18.3 Å². The summed E-state index contributed by atoms with van der Waals surface area (Å²) < 4.78 is 34.7. The van der Waals surface area contributed by atoms with Gasteiger partial charge in [-0.1, -0.05) is 0 Å². The summed E-state index contributed by atoms with van der Waals surface area (Å²) in [7, 11) is 1.69. The highest BCUT2D eigenvalue weighted by atomic mass is 19.4. The number of fused-ring (bicyclic) bond motifs is 1.